The Balaban J connectivity index is 1.52. The molecule has 2 fully saturated rings. The Morgan fingerprint density at radius 2 is 2.20 bits per heavy atom. The third kappa shape index (κ3) is 4.54. The molecule has 6 nitrogen and oxygen atoms in total. The van der Waals surface area contributed by atoms with Gasteiger partial charge in [-0.3, -0.25) is 4.79 Å². The number of fused-ring (bicyclic) bond motifs is 1. The normalized spacial score (nSPS) is 23.9. The van der Waals surface area contributed by atoms with Crippen molar-refractivity contribution in [3.63, 3.8) is 0 Å². The van der Waals surface area contributed by atoms with Gasteiger partial charge in [0.05, 0.1) is 7.11 Å². The maximum Gasteiger partial charge on any atom is 0.254 e. The van der Waals surface area contributed by atoms with Crippen LogP contribution in [0.5, 0.6) is 5.88 Å². The van der Waals surface area contributed by atoms with Crippen molar-refractivity contribution in [2.24, 2.45) is 5.92 Å². The molecule has 3 rings (SSSR count). The van der Waals surface area contributed by atoms with Crippen molar-refractivity contribution in [2.75, 3.05) is 33.3 Å². The maximum atomic E-state index is 12.7. The molecule has 0 bridgehead atoms. The predicted molar refractivity (Wildman–Crippen MR) is 95.6 cm³/mol. The Hall–Kier alpha value is -1.56. The number of methoxy groups -OCH3 is 1. The minimum atomic E-state index is 0.214. The molecule has 0 unspecified atom stereocenters. The van der Waals surface area contributed by atoms with Crippen LogP contribution in [0.2, 0.25) is 0 Å². The van der Waals surface area contributed by atoms with E-state index in [1.165, 1.54) is 45.2 Å². The molecule has 140 valence electrons. The summed E-state index contributed by atoms with van der Waals surface area (Å²) in [5.41, 5.74) is 0. The summed E-state index contributed by atoms with van der Waals surface area (Å²) < 4.78 is 10.2. The van der Waals surface area contributed by atoms with Crippen molar-refractivity contribution in [3.05, 3.63) is 11.8 Å². The molecule has 0 saturated carbocycles. The molecular formula is C19H31N3O3. The van der Waals surface area contributed by atoms with Gasteiger partial charge in [-0.2, -0.15) is 0 Å². The number of ether oxygens (including phenoxy) is 1. The zero-order valence-corrected chi connectivity index (χ0v) is 15.6. The monoisotopic (exact) mass is 349 g/mol. The minimum Gasteiger partial charge on any atom is -0.479 e. The topological polar surface area (TPSA) is 58.8 Å². The molecule has 0 aromatic carbocycles. The molecule has 6 heteroatoms. The zero-order valence-electron chi connectivity index (χ0n) is 15.6. The van der Waals surface area contributed by atoms with Crippen molar-refractivity contribution in [1.82, 2.24) is 15.0 Å². The highest BCUT2D eigenvalue weighted by molar-refractivity contribution is 5.76. The van der Waals surface area contributed by atoms with Gasteiger partial charge in [0.2, 0.25) is 5.91 Å². The lowest BCUT2D eigenvalue weighted by Gasteiger charge is -2.45. The van der Waals surface area contributed by atoms with Crippen LogP contribution in [0.1, 0.15) is 51.2 Å². The SMILES string of the molecule is CCN(C[C@H]1CCCN2CCCC[C@@H]12)C(=O)CCc1cc(OC)no1. The second-order valence-electron chi connectivity index (χ2n) is 7.27. The number of piperidine rings is 2. The lowest BCUT2D eigenvalue weighted by molar-refractivity contribution is -0.132. The summed E-state index contributed by atoms with van der Waals surface area (Å²) in [6.07, 6.45) is 7.54. The van der Waals surface area contributed by atoms with Crippen molar-refractivity contribution in [3.8, 4) is 5.88 Å². The van der Waals surface area contributed by atoms with Crippen molar-refractivity contribution in [1.29, 1.82) is 0 Å². The first-order chi connectivity index (χ1) is 12.2. The maximum absolute atomic E-state index is 12.7. The van der Waals surface area contributed by atoms with E-state index in [0.29, 0.717) is 36.4 Å². The van der Waals surface area contributed by atoms with E-state index in [1.54, 1.807) is 13.2 Å². The molecule has 3 heterocycles. The number of amides is 1. The first kappa shape index (κ1) is 18.2. The van der Waals surface area contributed by atoms with Gasteiger partial charge in [-0.15, -0.1) is 0 Å². The fourth-order valence-corrected chi connectivity index (χ4v) is 4.38. The summed E-state index contributed by atoms with van der Waals surface area (Å²) in [5, 5.41) is 3.79. The van der Waals surface area contributed by atoms with E-state index >= 15 is 0 Å². The number of hydrogen-bond acceptors (Lipinski definition) is 5. The highest BCUT2D eigenvalue weighted by Gasteiger charge is 2.34. The van der Waals surface area contributed by atoms with E-state index in [2.05, 4.69) is 17.0 Å². The largest absolute Gasteiger partial charge is 0.479 e. The van der Waals surface area contributed by atoms with E-state index in [1.807, 2.05) is 4.90 Å². The Labute approximate surface area is 150 Å². The van der Waals surface area contributed by atoms with Gasteiger partial charge in [0, 0.05) is 38.0 Å². The Bertz CT molecular complexity index is 558. The van der Waals surface area contributed by atoms with Crippen LogP contribution in [-0.2, 0) is 11.2 Å². The van der Waals surface area contributed by atoms with Gasteiger partial charge in [0.15, 0.2) is 0 Å². The van der Waals surface area contributed by atoms with Gasteiger partial charge < -0.3 is 19.1 Å². The number of carbonyl (C=O) groups is 1. The van der Waals surface area contributed by atoms with E-state index in [9.17, 15) is 4.79 Å². The number of rotatable bonds is 7. The van der Waals surface area contributed by atoms with Crippen LogP contribution in [0.3, 0.4) is 0 Å². The average Bonchev–Trinajstić information content (AvgIpc) is 3.12. The summed E-state index contributed by atoms with van der Waals surface area (Å²) >= 11 is 0. The van der Waals surface area contributed by atoms with E-state index < -0.39 is 0 Å². The predicted octanol–water partition coefficient (Wildman–Crippen LogP) is 2.73. The van der Waals surface area contributed by atoms with Crippen molar-refractivity contribution < 1.29 is 14.1 Å². The lowest BCUT2D eigenvalue weighted by atomic mass is 9.83. The molecule has 0 aliphatic carbocycles. The van der Waals surface area contributed by atoms with Gasteiger partial charge in [-0.05, 0) is 56.8 Å². The molecule has 0 N–H and O–H groups in total. The molecule has 2 aliphatic rings. The molecular weight excluding hydrogens is 318 g/mol. The van der Waals surface area contributed by atoms with Crippen LogP contribution in [0.25, 0.3) is 0 Å². The van der Waals surface area contributed by atoms with Gasteiger partial charge in [0.1, 0.15) is 5.76 Å². The number of hydrogen-bond donors (Lipinski definition) is 0. The van der Waals surface area contributed by atoms with E-state index in [-0.39, 0.29) is 5.91 Å². The van der Waals surface area contributed by atoms with Gasteiger partial charge in [-0.25, -0.2) is 0 Å². The smallest absolute Gasteiger partial charge is 0.254 e. The molecule has 1 aromatic rings. The van der Waals surface area contributed by atoms with E-state index in [4.69, 9.17) is 9.26 Å². The minimum absolute atomic E-state index is 0.214. The summed E-state index contributed by atoms with van der Waals surface area (Å²) in [6.45, 7) is 6.25. The third-order valence-electron chi connectivity index (χ3n) is 5.75. The van der Waals surface area contributed by atoms with Crippen LogP contribution in [0.4, 0.5) is 0 Å². The summed E-state index contributed by atoms with van der Waals surface area (Å²) in [5.74, 6) is 2.01. The van der Waals surface area contributed by atoms with Gasteiger partial charge in [0.25, 0.3) is 5.88 Å². The second-order valence-corrected chi connectivity index (χ2v) is 7.27. The first-order valence-electron chi connectivity index (χ1n) is 9.72. The molecule has 0 spiro atoms. The number of carbonyl (C=O) groups excluding carboxylic acids is 1. The fourth-order valence-electron chi connectivity index (χ4n) is 4.38. The molecule has 1 aromatic heterocycles. The van der Waals surface area contributed by atoms with Crippen LogP contribution < -0.4 is 4.74 Å². The first-order valence-corrected chi connectivity index (χ1v) is 9.72. The number of aromatic nitrogens is 1. The number of aryl methyl sites for hydroxylation is 1. The van der Waals surface area contributed by atoms with Crippen molar-refractivity contribution in [2.45, 2.75) is 57.9 Å². The summed E-state index contributed by atoms with van der Waals surface area (Å²) in [7, 11) is 1.56. The van der Waals surface area contributed by atoms with E-state index in [0.717, 1.165) is 13.1 Å². The van der Waals surface area contributed by atoms with Crippen LogP contribution in [-0.4, -0.2) is 60.2 Å². The molecule has 25 heavy (non-hydrogen) atoms. The van der Waals surface area contributed by atoms with Crippen LogP contribution in [0.15, 0.2) is 10.6 Å². The Morgan fingerprint density at radius 1 is 1.36 bits per heavy atom. The molecule has 0 radical (unpaired) electrons. The van der Waals surface area contributed by atoms with Gasteiger partial charge in [-0.1, -0.05) is 6.42 Å². The molecule has 2 atom stereocenters. The molecule has 2 saturated heterocycles. The summed E-state index contributed by atoms with van der Waals surface area (Å²) in [4.78, 5) is 17.4. The quantitative estimate of drug-likeness (QED) is 0.757. The third-order valence-corrected chi connectivity index (χ3v) is 5.75. The average molecular weight is 349 g/mol. The standard InChI is InChI=1S/C19H31N3O3/c1-3-21(19(23)10-9-16-13-18(24-2)20-25-16)14-15-7-6-12-22-11-5-4-8-17(15)22/h13,15,17H,3-12,14H2,1-2H3/t15-,17+/m1/s1. The Kier molecular flexibility index (Phi) is 6.34. The van der Waals surface area contributed by atoms with Gasteiger partial charge >= 0.3 is 0 Å². The highest BCUT2D eigenvalue weighted by Crippen LogP contribution is 2.31. The summed E-state index contributed by atoms with van der Waals surface area (Å²) in [6, 6.07) is 2.44. The number of nitrogens with zero attached hydrogens (tertiary/aromatic N) is 3. The molecule has 1 amide bonds. The lowest BCUT2D eigenvalue weighted by Crippen LogP contribution is -2.51. The van der Waals surface area contributed by atoms with Crippen LogP contribution >= 0.6 is 0 Å². The molecule has 2 aliphatic heterocycles. The zero-order chi connectivity index (χ0) is 17.6. The van der Waals surface area contributed by atoms with Crippen molar-refractivity contribution >= 4 is 5.91 Å². The fraction of sp³-hybridized carbons (Fsp3) is 0.789. The second kappa shape index (κ2) is 8.70. The highest BCUT2D eigenvalue weighted by atomic mass is 16.5. The van der Waals surface area contributed by atoms with Crippen LogP contribution in [0, 0.1) is 5.92 Å². The Morgan fingerprint density at radius 3 is 2.96 bits per heavy atom.